The topological polar surface area (TPSA) is 97.6 Å². The second kappa shape index (κ2) is 7.56. The van der Waals surface area contributed by atoms with E-state index >= 15 is 0 Å². The minimum Gasteiger partial charge on any atom is -0.348 e. The number of aromatic nitrogens is 5. The van der Waals surface area contributed by atoms with Crippen LogP contribution in [-0.4, -0.2) is 30.2 Å². The normalized spacial score (nSPS) is 11.3. The van der Waals surface area contributed by atoms with E-state index < -0.39 is 5.91 Å². The van der Waals surface area contributed by atoms with Crippen LogP contribution in [0.15, 0.2) is 72.0 Å². The average Bonchev–Trinajstić information content (AvgIpc) is 3.37. The van der Waals surface area contributed by atoms with Crippen molar-refractivity contribution < 1.29 is 4.79 Å². The highest BCUT2D eigenvalue weighted by Crippen LogP contribution is 2.14. The highest BCUT2D eigenvalue weighted by Gasteiger charge is 2.14. The molecule has 0 aliphatic heterocycles. The zero-order valence-electron chi connectivity index (χ0n) is 16.9. The molecule has 0 aliphatic carbocycles. The Morgan fingerprint density at radius 1 is 1.10 bits per heavy atom. The maximum atomic E-state index is 12.5. The van der Waals surface area contributed by atoms with Gasteiger partial charge in [0.2, 0.25) is 5.43 Å². The molecule has 8 heteroatoms. The first-order valence-corrected chi connectivity index (χ1v) is 9.89. The molecule has 1 amide bonds. The third-order valence-corrected chi connectivity index (χ3v) is 5.38. The third kappa shape index (κ3) is 3.48. The molecule has 0 saturated carbocycles. The number of fused-ring (bicyclic) bond motifs is 2. The van der Waals surface area contributed by atoms with E-state index in [-0.39, 0.29) is 11.0 Å². The van der Waals surface area contributed by atoms with E-state index in [0.29, 0.717) is 24.1 Å². The number of imidazole rings is 1. The monoisotopic (exact) mass is 412 g/mol. The van der Waals surface area contributed by atoms with Crippen LogP contribution in [-0.2, 0) is 20.1 Å². The van der Waals surface area contributed by atoms with Gasteiger partial charge in [0.25, 0.3) is 5.91 Å². The summed E-state index contributed by atoms with van der Waals surface area (Å²) in [7, 11) is 1.73. The van der Waals surface area contributed by atoms with Crippen LogP contribution in [0.2, 0.25) is 0 Å². The van der Waals surface area contributed by atoms with E-state index in [1.54, 1.807) is 11.7 Å². The first-order chi connectivity index (χ1) is 15.1. The number of hydrogen-bond donors (Lipinski definition) is 2. The molecule has 2 N–H and O–H groups in total. The minimum atomic E-state index is -0.416. The van der Waals surface area contributed by atoms with E-state index in [1.165, 1.54) is 12.4 Å². The molecule has 0 unspecified atom stereocenters. The quantitative estimate of drug-likeness (QED) is 0.464. The summed E-state index contributed by atoms with van der Waals surface area (Å²) in [6.07, 6.45) is 4.74. The van der Waals surface area contributed by atoms with E-state index in [1.807, 2.05) is 48.8 Å². The molecule has 5 aromatic rings. The summed E-state index contributed by atoms with van der Waals surface area (Å²) >= 11 is 0. The lowest BCUT2D eigenvalue weighted by Gasteiger charge is -2.08. The maximum Gasteiger partial charge on any atom is 0.257 e. The van der Waals surface area contributed by atoms with Crippen molar-refractivity contribution in [2.75, 3.05) is 0 Å². The number of benzene rings is 2. The molecule has 154 valence electrons. The van der Waals surface area contributed by atoms with Gasteiger partial charge in [-0.05, 0) is 23.3 Å². The van der Waals surface area contributed by atoms with Gasteiger partial charge in [0.1, 0.15) is 11.2 Å². The molecule has 0 radical (unpaired) electrons. The molecule has 5 rings (SSSR count). The van der Waals surface area contributed by atoms with E-state index in [0.717, 1.165) is 22.2 Å². The number of rotatable bonds is 5. The van der Waals surface area contributed by atoms with Gasteiger partial charge in [0.15, 0.2) is 0 Å². The van der Waals surface area contributed by atoms with Crippen LogP contribution in [0.1, 0.15) is 21.5 Å². The maximum absolute atomic E-state index is 12.5. The number of H-pyrrole nitrogens is 1. The second-order valence-corrected chi connectivity index (χ2v) is 7.42. The lowest BCUT2D eigenvalue weighted by atomic mass is 10.1. The Balaban J connectivity index is 1.26. The molecule has 0 saturated heterocycles. The smallest absolute Gasteiger partial charge is 0.257 e. The molecule has 0 aliphatic rings. The molecule has 31 heavy (non-hydrogen) atoms. The lowest BCUT2D eigenvalue weighted by Crippen LogP contribution is -2.28. The van der Waals surface area contributed by atoms with Crippen molar-refractivity contribution in [2.24, 2.45) is 7.05 Å². The average molecular weight is 412 g/mol. The van der Waals surface area contributed by atoms with E-state index in [2.05, 4.69) is 31.0 Å². The zero-order valence-corrected chi connectivity index (χ0v) is 16.9. The Bertz CT molecular complexity index is 1460. The fourth-order valence-corrected chi connectivity index (χ4v) is 3.67. The van der Waals surface area contributed by atoms with Crippen LogP contribution < -0.4 is 10.7 Å². The molecule has 3 aromatic heterocycles. The van der Waals surface area contributed by atoms with Crippen LogP contribution in [0.25, 0.3) is 22.1 Å². The Morgan fingerprint density at radius 2 is 1.87 bits per heavy atom. The molecular formula is C23H20N6O2. The van der Waals surface area contributed by atoms with Gasteiger partial charge >= 0.3 is 0 Å². The van der Waals surface area contributed by atoms with Crippen LogP contribution in [0, 0.1) is 0 Å². The van der Waals surface area contributed by atoms with Crippen LogP contribution in [0.5, 0.6) is 0 Å². The van der Waals surface area contributed by atoms with Gasteiger partial charge < -0.3 is 14.9 Å². The Morgan fingerprint density at radius 3 is 2.71 bits per heavy atom. The minimum absolute atomic E-state index is 0.0732. The number of carbonyl (C=O) groups is 1. The lowest BCUT2D eigenvalue weighted by molar-refractivity contribution is 0.0949. The summed E-state index contributed by atoms with van der Waals surface area (Å²) in [6.45, 7) is 1.05. The Kier molecular flexibility index (Phi) is 4.59. The number of hydrogen-bond acceptors (Lipinski definition) is 4. The molecule has 2 aromatic carbocycles. The van der Waals surface area contributed by atoms with Crippen molar-refractivity contribution in [2.45, 2.75) is 13.1 Å². The number of nitrogens with one attached hydrogen (secondary N) is 2. The highest BCUT2D eigenvalue weighted by molar-refractivity contribution is 5.96. The zero-order chi connectivity index (χ0) is 21.4. The van der Waals surface area contributed by atoms with Gasteiger partial charge in [0.05, 0.1) is 28.9 Å². The number of aryl methyl sites for hydroxylation is 1. The van der Waals surface area contributed by atoms with Crippen molar-refractivity contribution in [3.05, 3.63) is 94.2 Å². The van der Waals surface area contributed by atoms with E-state index in [9.17, 15) is 9.59 Å². The summed E-state index contributed by atoms with van der Waals surface area (Å²) in [4.78, 5) is 32.4. The number of para-hydroxylation sites is 2. The first-order valence-electron chi connectivity index (χ1n) is 9.89. The fourth-order valence-electron chi connectivity index (χ4n) is 3.67. The van der Waals surface area contributed by atoms with Crippen LogP contribution >= 0.6 is 0 Å². The molecular weight excluding hydrogens is 392 g/mol. The van der Waals surface area contributed by atoms with Crippen molar-refractivity contribution in [3.8, 4) is 0 Å². The van der Waals surface area contributed by atoms with Gasteiger partial charge in [-0.15, -0.1) is 0 Å². The Hall–Kier alpha value is -4.20. The van der Waals surface area contributed by atoms with Gasteiger partial charge in [-0.2, -0.15) is 5.10 Å². The van der Waals surface area contributed by atoms with Crippen molar-refractivity contribution in [1.82, 2.24) is 29.6 Å². The SMILES string of the molecule is Cn1ncc2c(=O)c(C(=O)NCc3ccc(Cn4cnc5ccccc54)cc3)c[nH]c21. The molecule has 3 heterocycles. The summed E-state index contributed by atoms with van der Waals surface area (Å²) in [5.41, 5.74) is 4.48. The van der Waals surface area contributed by atoms with Crippen LogP contribution in [0.4, 0.5) is 0 Å². The number of aromatic amines is 1. The number of amides is 1. The van der Waals surface area contributed by atoms with Crippen LogP contribution in [0.3, 0.4) is 0 Å². The van der Waals surface area contributed by atoms with Gasteiger partial charge in [-0.3, -0.25) is 14.3 Å². The second-order valence-electron chi connectivity index (χ2n) is 7.42. The highest BCUT2D eigenvalue weighted by atomic mass is 16.2. The fraction of sp³-hybridized carbons (Fsp3) is 0.130. The van der Waals surface area contributed by atoms with Gasteiger partial charge in [-0.1, -0.05) is 36.4 Å². The van der Waals surface area contributed by atoms with Gasteiger partial charge in [-0.25, -0.2) is 4.98 Å². The van der Waals surface area contributed by atoms with Crippen molar-refractivity contribution in [1.29, 1.82) is 0 Å². The molecule has 0 spiro atoms. The van der Waals surface area contributed by atoms with Gasteiger partial charge in [0, 0.05) is 26.3 Å². The van der Waals surface area contributed by atoms with E-state index in [4.69, 9.17) is 0 Å². The molecule has 0 bridgehead atoms. The predicted molar refractivity (Wildman–Crippen MR) is 118 cm³/mol. The number of nitrogens with zero attached hydrogens (tertiary/aromatic N) is 4. The first kappa shape index (κ1) is 18.8. The van der Waals surface area contributed by atoms with Crippen molar-refractivity contribution in [3.63, 3.8) is 0 Å². The largest absolute Gasteiger partial charge is 0.348 e. The number of carbonyl (C=O) groups excluding carboxylic acids is 1. The summed E-state index contributed by atoms with van der Waals surface area (Å²) in [6, 6.07) is 16.0. The summed E-state index contributed by atoms with van der Waals surface area (Å²) < 4.78 is 3.67. The summed E-state index contributed by atoms with van der Waals surface area (Å²) in [5, 5.41) is 7.26. The number of pyridine rings is 1. The van der Waals surface area contributed by atoms with Crippen molar-refractivity contribution >= 4 is 28.0 Å². The predicted octanol–water partition coefficient (Wildman–Crippen LogP) is 2.59. The molecule has 8 nitrogen and oxygen atoms in total. The molecule has 0 atom stereocenters. The third-order valence-electron chi connectivity index (χ3n) is 5.38. The summed E-state index contributed by atoms with van der Waals surface area (Å²) in [5.74, 6) is -0.416. The standard InChI is InChI=1S/C23H20N6O2/c1-28-22-17(12-27-28)21(30)18(11-24-22)23(31)25-10-15-6-8-16(9-7-15)13-29-14-26-19-4-2-3-5-20(19)29/h2-9,11-12,14H,10,13H2,1H3,(H,24,30)(H,25,31). The molecule has 0 fully saturated rings. The Labute approximate surface area is 177 Å².